The zero-order valence-electron chi connectivity index (χ0n) is 16.0. The fourth-order valence-corrected chi connectivity index (χ4v) is 2.97. The van der Waals surface area contributed by atoms with Gasteiger partial charge in [-0.05, 0) is 43.9 Å². The molecule has 0 radical (unpaired) electrons. The number of hydrogen-bond donors (Lipinski definition) is 1. The third-order valence-corrected chi connectivity index (χ3v) is 4.58. The predicted molar refractivity (Wildman–Crippen MR) is 99.2 cm³/mol. The standard InChI is InChI=1S/C20H25F4N3/c1-5-13(6-2)25-19-17(8-4)26-18(16(7-3)27-19)14-10-9-12(21)11-15(14)20(22,23)24/h9-11,13H,5-8H2,1-4H3,(H,25,27). The molecular weight excluding hydrogens is 358 g/mol. The van der Waals surface area contributed by atoms with Crippen LogP contribution in [0.2, 0.25) is 0 Å². The predicted octanol–water partition coefficient (Wildman–Crippen LogP) is 6.03. The molecule has 0 aliphatic heterocycles. The summed E-state index contributed by atoms with van der Waals surface area (Å²) in [6.45, 7) is 7.82. The van der Waals surface area contributed by atoms with E-state index in [4.69, 9.17) is 0 Å². The van der Waals surface area contributed by atoms with Gasteiger partial charge in [-0.1, -0.05) is 27.7 Å². The molecule has 1 heterocycles. The quantitative estimate of drug-likeness (QED) is 0.594. The summed E-state index contributed by atoms with van der Waals surface area (Å²) in [5.74, 6) is -0.317. The Morgan fingerprint density at radius 2 is 1.59 bits per heavy atom. The molecule has 27 heavy (non-hydrogen) atoms. The van der Waals surface area contributed by atoms with Crippen LogP contribution in [0, 0.1) is 5.82 Å². The van der Waals surface area contributed by atoms with E-state index >= 15 is 0 Å². The maximum Gasteiger partial charge on any atom is 0.417 e. The molecule has 3 nitrogen and oxygen atoms in total. The molecule has 1 N–H and O–H groups in total. The normalized spacial score (nSPS) is 11.9. The number of aryl methyl sites for hydroxylation is 2. The highest BCUT2D eigenvalue weighted by atomic mass is 19.4. The topological polar surface area (TPSA) is 37.8 Å². The van der Waals surface area contributed by atoms with Crippen molar-refractivity contribution < 1.29 is 17.6 Å². The summed E-state index contributed by atoms with van der Waals surface area (Å²) in [5, 5.41) is 3.35. The Hall–Kier alpha value is -2.18. The summed E-state index contributed by atoms with van der Waals surface area (Å²) in [6.07, 6.45) is -1.93. The first-order valence-electron chi connectivity index (χ1n) is 9.28. The highest BCUT2D eigenvalue weighted by Gasteiger charge is 2.35. The van der Waals surface area contributed by atoms with Gasteiger partial charge in [0.25, 0.3) is 0 Å². The number of nitrogens with zero attached hydrogens (tertiary/aromatic N) is 2. The van der Waals surface area contributed by atoms with E-state index in [1.807, 2.05) is 13.8 Å². The molecule has 0 fully saturated rings. The maximum absolute atomic E-state index is 13.5. The van der Waals surface area contributed by atoms with Crippen LogP contribution in [0.4, 0.5) is 23.4 Å². The monoisotopic (exact) mass is 383 g/mol. The second-order valence-corrected chi connectivity index (χ2v) is 6.37. The minimum Gasteiger partial charge on any atom is -0.366 e. The molecule has 0 saturated heterocycles. The van der Waals surface area contributed by atoms with E-state index in [1.54, 1.807) is 0 Å². The Morgan fingerprint density at radius 1 is 0.963 bits per heavy atom. The molecule has 0 atom stereocenters. The molecule has 2 aromatic rings. The van der Waals surface area contributed by atoms with Crippen molar-refractivity contribution >= 4 is 5.82 Å². The number of rotatable bonds is 7. The van der Waals surface area contributed by atoms with Crippen molar-refractivity contribution in [3.05, 3.63) is 41.0 Å². The Bertz CT molecular complexity index is 784. The Balaban J connectivity index is 2.65. The fourth-order valence-electron chi connectivity index (χ4n) is 2.97. The van der Waals surface area contributed by atoms with E-state index in [2.05, 4.69) is 29.1 Å². The molecule has 0 unspecified atom stereocenters. The zero-order chi connectivity index (χ0) is 20.2. The lowest BCUT2D eigenvalue weighted by Crippen LogP contribution is -2.20. The Kier molecular flexibility index (Phi) is 6.78. The van der Waals surface area contributed by atoms with Gasteiger partial charge in [0.15, 0.2) is 0 Å². The number of alkyl halides is 3. The van der Waals surface area contributed by atoms with Crippen molar-refractivity contribution in [2.24, 2.45) is 0 Å². The molecule has 148 valence electrons. The van der Waals surface area contributed by atoms with Crippen molar-refractivity contribution in [3.63, 3.8) is 0 Å². The summed E-state index contributed by atoms with van der Waals surface area (Å²) >= 11 is 0. The first kappa shape index (κ1) is 21.1. The van der Waals surface area contributed by atoms with Gasteiger partial charge in [0, 0.05) is 11.6 Å². The number of nitrogens with one attached hydrogen (secondary N) is 1. The van der Waals surface area contributed by atoms with Gasteiger partial charge in [0.1, 0.15) is 11.6 Å². The van der Waals surface area contributed by atoms with Gasteiger partial charge in [-0.3, -0.25) is 0 Å². The lowest BCUT2D eigenvalue weighted by Gasteiger charge is -2.20. The van der Waals surface area contributed by atoms with Gasteiger partial charge in [-0.2, -0.15) is 13.2 Å². The first-order chi connectivity index (χ1) is 12.7. The van der Waals surface area contributed by atoms with E-state index in [-0.39, 0.29) is 17.3 Å². The van der Waals surface area contributed by atoms with Crippen LogP contribution in [0.3, 0.4) is 0 Å². The van der Waals surface area contributed by atoms with E-state index in [0.717, 1.165) is 25.0 Å². The van der Waals surface area contributed by atoms with Crippen LogP contribution in [0.1, 0.15) is 57.5 Å². The smallest absolute Gasteiger partial charge is 0.366 e. The van der Waals surface area contributed by atoms with E-state index in [1.165, 1.54) is 0 Å². The average molecular weight is 383 g/mol. The van der Waals surface area contributed by atoms with Crippen LogP contribution in [0.25, 0.3) is 11.3 Å². The van der Waals surface area contributed by atoms with Gasteiger partial charge in [0.05, 0.1) is 22.6 Å². The summed E-state index contributed by atoms with van der Waals surface area (Å²) in [5.41, 5.74) is 0.0485. The van der Waals surface area contributed by atoms with Crippen molar-refractivity contribution in [2.45, 2.75) is 65.6 Å². The molecular formula is C20H25F4N3. The van der Waals surface area contributed by atoms with E-state index < -0.39 is 17.6 Å². The maximum atomic E-state index is 13.5. The second-order valence-electron chi connectivity index (χ2n) is 6.37. The van der Waals surface area contributed by atoms with Crippen molar-refractivity contribution in [3.8, 4) is 11.3 Å². The molecule has 0 spiro atoms. The lowest BCUT2D eigenvalue weighted by atomic mass is 10.0. The minimum absolute atomic E-state index is 0.142. The average Bonchev–Trinajstić information content (AvgIpc) is 2.64. The highest BCUT2D eigenvalue weighted by molar-refractivity contribution is 5.68. The van der Waals surface area contributed by atoms with Crippen molar-refractivity contribution in [1.29, 1.82) is 0 Å². The number of anilines is 1. The summed E-state index contributed by atoms with van der Waals surface area (Å²) in [6, 6.07) is 2.89. The van der Waals surface area contributed by atoms with Crippen LogP contribution >= 0.6 is 0 Å². The van der Waals surface area contributed by atoms with Crippen LogP contribution in [0.5, 0.6) is 0 Å². The molecule has 0 aliphatic rings. The SMILES string of the molecule is CCc1nc(-c2ccc(F)cc2C(F)(F)F)c(CC)nc1NC(CC)CC. The molecule has 1 aromatic heterocycles. The van der Waals surface area contributed by atoms with Crippen molar-refractivity contribution in [2.75, 3.05) is 5.32 Å². The van der Waals surface area contributed by atoms with Gasteiger partial charge in [0.2, 0.25) is 0 Å². The molecule has 0 amide bonds. The number of hydrogen-bond acceptors (Lipinski definition) is 3. The van der Waals surface area contributed by atoms with Crippen molar-refractivity contribution in [1.82, 2.24) is 9.97 Å². The van der Waals surface area contributed by atoms with Crippen LogP contribution in [-0.2, 0) is 19.0 Å². The van der Waals surface area contributed by atoms with Gasteiger partial charge in [-0.25, -0.2) is 14.4 Å². The Morgan fingerprint density at radius 3 is 2.11 bits per heavy atom. The number of aromatic nitrogens is 2. The lowest BCUT2D eigenvalue weighted by molar-refractivity contribution is -0.137. The summed E-state index contributed by atoms with van der Waals surface area (Å²) in [4.78, 5) is 9.10. The molecule has 0 bridgehead atoms. The largest absolute Gasteiger partial charge is 0.417 e. The Labute approximate surface area is 157 Å². The van der Waals surface area contributed by atoms with Gasteiger partial charge in [-0.15, -0.1) is 0 Å². The van der Waals surface area contributed by atoms with Gasteiger partial charge >= 0.3 is 6.18 Å². The van der Waals surface area contributed by atoms with Crippen LogP contribution in [-0.4, -0.2) is 16.0 Å². The highest BCUT2D eigenvalue weighted by Crippen LogP contribution is 2.38. The third kappa shape index (κ3) is 4.76. The second kappa shape index (κ2) is 8.67. The number of halogens is 4. The van der Waals surface area contributed by atoms with E-state index in [0.29, 0.717) is 36.1 Å². The summed E-state index contributed by atoms with van der Waals surface area (Å²) in [7, 11) is 0. The molecule has 7 heteroatoms. The van der Waals surface area contributed by atoms with E-state index in [9.17, 15) is 17.6 Å². The third-order valence-electron chi connectivity index (χ3n) is 4.58. The molecule has 1 aromatic carbocycles. The summed E-state index contributed by atoms with van der Waals surface area (Å²) < 4.78 is 53.8. The molecule has 0 saturated carbocycles. The minimum atomic E-state index is -4.68. The first-order valence-corrected chi connectivity index (χ1v) is 9.28. The number of benzene rings is 1. The van der Waals surface area contributed by atoms with Crippen LogP contribution in [0.15, 0.2) is 18.2 Å². The van der Waals surface area contributed by atoms with Gasteiger partial charge < -0.3 is 5.32 Å². The zero-order valence-corrected chi connectivity index (χ0v) is 16.0. The van der Waals surface area contributed by atoms with Crippen LogP contribution < -0.4 is 5.32 Å². The molecule has 0 aliphatic carbocycles. The molecule has 2 rings (SSSR count). The fraction of sp³-hybridized carbons (Fsp3) is 0.500.